The normalized spacial score (nSPS) is 13.9. The van der Waals surface area contributed by atoms with Gasteiger partial charge < -0.3 is 0 Å². The van der Waals surface area contributed by atoms with Crippen molar-refractivity contribution in [2.45, 2.75) is 25.4 Å². The van der Waals surface area contributed by atoms with Crippen molar-refractivity contribution in [1.82, 2.24) is 0 Å². The van der Waals surface area contributed by atoms with E-state index < -0.39 is 23.5 Å². The van der Waals surface area contributed by atoms with Crippen LogP contribution in [0.3, 0.4) is 0 Å². The highest BCUT2D eigenvalue weighted by atomic mass is 35.5. The molecular weight excluding hydrogens is 472 g/mol. The molecule has 4 nitrogen and oxygen atoms in total. The number of alkyl halides is 3. The van der Waals surface area contributed by atoms with Crippen LogP contribution in [0, 0.1) is 5.82 Å². The van der Waals surface area contributed by atoms with Crippen LogP contribution in [-0.4, -0.2) is 17.4 Å². The van der Waals surface area contributed by atoms with Gasteiger partial charge in [0.2, 0.25) is 0 Å². The van der Waals surface area contributed by atoms with Crippen LogP contribution in [0.2, 0.25) is 5.02 Å². The van der Waals surface area contributed by atoms with E-state index in [0.29, 0.717) is 22.7 Å². The Bertz CT molecular complexity index is 1290. The van der Waals surface area contributed by atoms with Gasteiger partial charge in [0.05, 0.1) is 28.9 Å². The summed E-state index contributed by atoms with van der Waals surface area (Å²) in [6.45, 7) is 0. The van der Waals surface area contributed by atoms with Gasteiger partial charge in [0.1, 0.15) is 5.82 Å². The Morgan fingerprint density at radius 2 is 1.74 bits per heavy atom. The first kappa shape index (κ1) is 23.6. The molecule has 1 amide bonds. The van der Waals surface area contributed by atoms with E-state index in [2.05, 4.69) is 5.10 Å². The summed E-state index contributed by atoms with van der Waals surface area (Å²) in [6, 6.07) is 14.9. The number of aryl methyl sites for hydroxylation is 1. The van der Waals surface area contributed by atoms with Crippen molar-refractivity contribution in [3.63, 3.8) is 0 Å². The number of carbonyl (C=O) groups is 2. The molecule has 4 rings (SSSR count). The quantitative estimate of drug-likeness (QED) is 0.295. The van der Waals surface area contributed by atoms with Gasteiger partial charge in [-0.25, -0.2) is 9.40 Å². The Labute approximate surface area is 197 Å². The number of rotatable bonds is 6. The minimum atomic E-state index is -4.48. The lowest BCUT2D eigenvalue weighted by Crippen LogP contribution is -2.19. The summed E-state index contributed by atoms with van der Waals surface area (Å²) in [6.07, 6.45) is -4.17. The van der Waals surface area contributed by atoms with Crippen LogP contribution in [0.4, 0.5) is 23.2 Å². The Hall–Kier alpha value is -3.52. The average Bonchev–Trinajstić information content (AvgIpc) is 3.19. The monoisotopic (exact) mass is 488 g/mol. The molecule has 0 aliphatic carbocycles. The topological polar surface area (TPSA) is 49.7 Å². The van der Waals surface area contributed by atoms with Crippen molar-refractivity contribution in [3.8, 4) is 0 Å². The zero-order chi connectivity index (χ0) is 24.5. The average molecular weight is 489 g/mol. The Morgan fingerprint density at radius 1 is 1.03 bits per heavy atom. The third kappa shape index (κ3) is 5.02. The van der Waals surface area contributed by atoms with E-state index in [1.54, 1.807) is 24.3 Å². The zero-order valence-corrected chi connectivity index (χ0v) is 18.3. The summed E-state index contributed by atoms with van der Waals surface area (Å²) in [7, 11) is 0. The van der Waals surface area contributed by atoms with Crippen LogP contribution in [0.1, 0.15) is 39.9 Å². The van der Waals surface area contributed by atoms with E-state index in [9.17, 15) is 27.2 Å². The summed E-state index contributed by atoms with van der Waals surface area (Å²) < 4.78 is 52.3. The highest BCUT2D eigenvalue weighted by Gasteiger charge is 2.32. The van der Waals surface area contributed by atoms with Gasteiger partial charge in [0, 0.05) is 17.0 Å². The SMILES string of the molecule is O=C(CCc1ccc(Cl)c(C2=NN(c3ccc(C(F)(F)F)cc3)C(=O)C2)c1)c1ccccc1F. The number of hydrogen-bond donors (Lipinski definition) is 0. The van der Waals surface area contributed by atoms with Crippen LogP contribution in [-0.2, 0) is 17.4 Å². The predicted molar refractivity (Wildman–Crippen MR) is 121 cm³/mol. The fourth-order valence-electron chi connectivity index (χ4n) is 3.60. The highest BCUT2D eigenvalue weighted by Crippen LogP contribution is 2.32. The number of benzene rings is 3. The van der Waals surface area contributed by atoms with Crippen LogP contribution in [0.15, 0.2) is 71.8 Å². The third-order valence-electron chi connectivity index (χ3n) is 5.37. The molecule has 0 saturated heterocycles. The summed E-state index contributed by atoms with van der Waals surface area (Å²) in [5, 5.41) is 5.66. The Balaban J connectivity index is 1.53. The second-order valence-corrected chi connectivity index (χ2v) is 8.10. The minimum absolute atomic E-state index is 0.0228. The van der Waals surface area contributed by atoms with Gasteiger partial charge in [-0.05, 0) is 60.5 Å². The van der Waals surface area contributed by atoms with E-state index in [-0.39, 0.29) is 29.9 Å². The first-order valence-electron chi connectivity index (χ1n) is 10.3. The smallest absolute Gasteiger partial charge is 0.294 e. The van der Waals surface area contributed by atoms with Crippen molar-refractivity contribution in [1.29, 1.82) is 0 Å². The standard InChI is InChI=1S/C25H17ClF4N2O2/c26-20-11-5-15(6-12-23(33)18-3-1-2-4-21(18)27)13-19(20)22-14-24(34)32(31-22)17-9-7-16(8-10-17)25(28,29)30/h1-5,7-11,13H,6,12,14H2. The van der Waals surface area contributed by atoms with E-state index >= 15 is 0 Å². The maximum atomic E-state index is 13.8. The molecule has 0 fully saturated rings. The Kier molecular flexibility index (Phi) is 6.52. The van der Waals surface area contributed by atoms with E-state index in [1.165, 1.54) is 30.3 Å². The molecule has 0 saturated carbocycles. The van der Waals surface area contributed by atoms with Crippen molar-refractivity contribution < 1.29 is 27.2 Å². The fraction of sp³-hybridized carbons (Fsp3) is 0.160. The fourth-order valence-corrected chi connectivity index (χ4v) is 3.83. The molecule has 1 aliphatic heterocycles. The lowest BCUT2D eigenvalue weighted by molar-refractivity contribution is -0.137. The number of Topliss-reactive ketones (excluding diaryl/α,β-unsaturated/α-hetero) is 1. The molecule has 0 bridgehead atoms. The number of amides is 1. The van der Waals surface area contributed by atoms with Gasteiger partial charge >= 0.3 is 6.18 Å². The van der Waals surface area contributed by atoms with Gasteiger partial charge in [-0.3, -0.25) is 9.59 Å². The van der Waals surface area contributed by atoms with Gasteiger partial charge in [0.25, 0.3) is 5.91 Å². The summed E-state index contributed by atoms with van der Waals surface area (Å²) in [5.41, 5.74) is 0.989. The maximum absolute atomic E-state index is 13.8. The van der Waals surface area contributed by atoms with Crippen molar-refractivity contribution in [3.05, 3.63) is 99.8 Å². The molecule has 3 aromatic carbocycles. The van der Waals surface area contributed by atoms with Crippen LogP contribution >= 0.6 is 11.6 Å². The second kappa shape index (κ2) is 9.38. The molecule has 0 atom stereocenters. The largest absolute Gasteiger partial charge is 0.416 e. The second-order valence-electron chi connectivity index (χ2n) is 7.69. The number of carbonyl (C=O) groups excluding carboxylic acids is 2. The molecular formula is C25H17ClF4N2O2. The Morgan fingerprint density at radius 3 is 2.41 bits per heavy atom. The van der Waals surface area contributed by atoms with Crippen LogP contribution < -0.4 is 5.01 Å². The number of halogens is 5. The molecule has 9 heteroatoms. The van der Waals surface area contributed by atoms with Crippen LogP contribution in [0.5, 0.6) is 0 Å². The first-order chi connectivity index (χ1) is 16.1. The molecule has 0 radical (unpaired) electrons. The molecule has 1 aliphatic rings. The van der Waals surface area contributed by atoms with Crippen molar-refractivity contribution >= 4 is 34.7 Å². The summed E-state index contributed by atoms with van der Waals surface area (Å²) in [4.78, 5) is 24.9. The zero-order valence-electron chi connectivity index (χ0n) is 17.6. The van der Waals surface area contributed by atoms with Crippen molar-refractivity contribution in [2.75, 3.05) is 5.01 Å². The highest BCUT2D eigenvalue weighted by molar-refractivity contribution is 6.35. The molecule has 1 heterocycles. The number of hydrazone groups is 1. The van der Waals surface area contributed by atoms with Gasteiger partial charge in [-0.15, -0.1) is 0 Å². The van der Waals surface area contributed by atoms with Gasteiger partial charge in [0.15, 0.2) is 5.78 Å². The number of anilines is 1. The maximum Gasteiger partial charge on any atom is 0.416 e. The summed E-state index contributed by atoms with van der Waals surface area (Å²) >= 11 is 6.32. The summed E-state index contributed by atoms with van der Waals surface area (Å²) in [5.74, 6) is -1.33. The molecule has 0 unspecified atom stereocenters. The number of hydrogen-bond acceptors (Lipinski definition) is 3. The molecule has 0 N–H and O–H groups in total. The van der Waals surface area contributed by atoms with Crippen LogP contribution in [0.25, 0.3) is 0 Å². The van der Waals surface area contributed by atoms with E-state index in [0.717, 1.165) is 22.7 Å². The number of ketones is 1. The van der Waals surface area contributed by atoms with Gasteiger partial charge in [-0.2, -0.15) is 18.3 Å². The predicted octanol–water partition coefficient (Wildman–Crippen LogP) is 6.45. The first-order valence-corrected chi connectivity index (χ1v) is 10.7. The molecule has 174 valence electrons. The van der Waals surface area contributed by atoms with E-state index in [4.69, 9.17) is 11.6 Å². The molecule has 0 aromatic heterocycles. The molecule has 34 heavy (non-hydrogen) atoms. The lowest BCUT2D eigenvalue weighted by atomic mass is 9.99. The molecule has 3 aromatic rings. The third-order valence-corrected chi connectivity index (χ3v) is 5.70. The van der Waals surface area contributed by atoms with Crippen molar-refractivity contribution in [2.24, 2.45) is 5.10 Å². The van der Waals surface area contributed by atoms with Gasteiger partial charge in [-0.1, -0.05) is 29.8 Å². The lowest BCUT2D eigenvalue weighted by Gasteiger charge is -2.13. The molecule has 0 spiro atoms. The minimum Gasteiger partial charge on any atom is -0.294 e. The number of nitrogens with zero attached hydrogens (tertiary/aromatic N) is 2. The van der Waals surface area contributed by atoms with E-state index in [1.807, 2.05) is 0 Å².